The van der Waals surface area contributed by atoms with Crippen molar-refractivity contribution in [1.82, 2.24) is 15.5 Å². The monoisotopic (exact) mass is 309 g/mol. The number of nitrogens with one attached hydrogen (secondary N) is 2. The zero-order chi connectivity index (χ0) is 16.1. The van der Waals surface area contributed by atoms with E-state index in [0.29, 0.717) is 5.56 Å². The number of rotatable bonds is 6. The van der Waals surface area contributed by atoms with E-state index in [4.69, 9.17) is 4.42 Å². The molecular weight excluding hydrogens is 290 g/mol. The standard InChI is InChI=1S/C18H19N3O2/c1-13(9-10-15-8-5-11-23-15)20-18(22)16-12-19-21-17(16)14-6-3-2-4-7-14/h2-8,11-13H,9-10H2,1H3,(H,19,21)(H,20,22)/t13-/m1/s1. The lowest BCUT2D eigenvalue weighted by molar-refractivity contribution is 0.0939. The molecule has 0 saturated carbocycles. The maximum absolute atomic E-state index is 12.5. The Hall–Kier alpha value is -2.82. The van der Waals surface area contributed by atoms with Gasteiger partial charge in [0.15, 0.2) is 0 Å². The second-order valence-electron chi connectivity index (χ2n) is 5.52. The fourth-order valence-corrected chi connectivity index (χ4v) is 2.47. The molecule has 2 aromatic heterocycles. The van der Waals surface area contributed by atoms with Gasteiger partial charge in [-0.15, -0.1) is 0 Å². The van der Waals surface area contributed by atoms with Crippen molar-refractivity contribution in [2.45, 2.75) is 25.8 Å². The Morgan fingerprint density at radius 3 is 2.83 bits per heavy atom. The molecule has 0 unspecified atom stereocenters. The van der Waals surface area contributed by atoms with Gasteiger partial charge >= 0.3 is 0 Å². The van der Waals surface area contributed by atoms with E-state index in [0.717, 1.165) is 29.9 Å². The Morgan fingerprint density at radius 1 is 1.26 bits per heavy atom. The van der Waals surface area contributed by atoms with E-state index in [1.54, 1.807) is 12.5 Å². The molecule has 1 amide bonds. The van der Waals surface area contributed by atoms with Gasteiger partial charge in [0.25, 0.3) is 5.91 Å². The number of aromatic amines is 1. The van der Waals surface area contributed by atoms with Crippen molar-refractivity contribution in [3.05, 3.63) is 66.2 Å². The van der Waals surface area contributed by atoms with E-state index < -0.39 is 0 Å². The molecule has 2 N–H and O–H groups in total. The number of aryl methyl sites for hydroxylation is 1. The Bertz CT molecular complexity index is 748. The van der Waals surface area contributed by atoms with E-state index in [1.807, 2.05) is 49.4 Å². The van der Waals surface area contributed by atoms with Crippen LogP contribution in [0.15, 0.2) is 59.3 Å². The number of nitrogens with zero attached hydrogens (tertiary/aromatic N) is 1. The van der Waals surface area contributed by atoms with E-state index in [2.05, 4.69) is 15.5 Å². The van der Waals surface area contributed by atoms with Crippen LogP contribution in [0, 0.1) is 0 Å². The Labute approximate surface area is 134 Å². The molecule has 23 heavy (non-hydrogen) atoms. The van der Waals surface area contributed by atoms with E-state index in [9.17, 15) is 4.79 Å². The van der Waals surface area contributed by atoms with Gasteiger partial charge in [-0.25, -0.2) is 0 Å². The molecule has 0 fully saturated rings. The molecule has 1 atom stereocenters. The summed E-state index contributed by atoms with van der Waals surface area (Å²) >= 11 is 0. The number of H-pyrrole nitrogens is 1. The third kappa shape index (κ3) is 3.69. The minimum atomic E-state index is -0.121. The summed E-state index contributed by atoms with van der Waals surface area (Å²) in [5.41, 5.74) is 2.24. The lowest BCUT2D eigenvalue weighted by Gasteiger charge is -2.13. The zero-order valence-electron chi connectivity index (χ0n) is 13.0. The summed E-state index contributed by atoms with van der Waals surface area (Å²) < 4.78 is 5.31. The van der Waals surface area contributed by atoms with Crippen LogP contribution in [0.1, 0.15) is 29.5 Å². The van der Waals surface area contributed by atoms with Gasteiger partial charge in [0.05, 0.1) is 23.7 Å². The average molecular weight is 309 g/mol. The fourth-order valence-electron chi connectivity index (χ4n) is 2.47. The highest BCUT2D eigenvalue weighted by atomic mass is 16.3. The normalized spacial score (nSPS) is 12.0. The summed E-state index contributed by atoms with van der Waals surface area (Å²) in [6.45, 7) is 1.99. The van der Waals surface area contributed by atoms with Crippen LogP contribution >= 0.6 is 0 Å². The predicted molar refractivity (Wildman–Crippen MR) is 88.0 cm³/mol. The summed E-state index contributed by atoms with van der Waals surface area (Å²) in [5.74, 6) is 0.809. The van der Waals surface area contributed by atoms with Gasteiger partial charge in [-0.1, -0.05) is 30.3 Å². The van der Waals surface area contributed by atoms with Gasteiger partial charge in [-0.3, -0.25) is 9.89 Å². The molecule has 1 aromatic carbocycles. The predicted octanol–water partition coefficient (Wildman–Crippen LogP) is 3.42. The van der Waals surface area contributed by atoms with Gasteiger partial charge in [-0.2, -0.15) is 5.10 Å². The Morgan fingerprint density at radius 2 is 2.09 bits per heavy atom. The van der Waals surface area contributed by atoms with Crippen LogP contribution in [0.3, 0.4) is 0 Å². The molecule has 2 heterocycles. The van der Waals surface area contributed by atoms with E-state index in [-0.39, 0.29) is 11.9 Å². The first-order chi connectivity index (χ1) is 11.2. The van der Waals surface area contributed by atoms with Crippen LogP contribution in [0.2, 0.25) is 0 Å². The molecule has 0 spiro atoms. The summed E-state index contributed by atoms with van der Waals surface area (Å²) in [7, 11) is 0. The van der Waals surface area contributed by atoms with Crippen molar-refractivity contribution < 1.29 is 9.21 Å². The molecule has 0 aliphatic rings. The van der Waals surface area contributed by atoms with Crippen LogP contribution in [0.5, 0.6) is 0 Å². The molecule has 3 aromatic rings. The molecule has 118 valence electrons. The van der Waals surface area contributed by atoms with Crippen LogP contribution < -0.4 is 5.32 Å². The lowest BCUT2D eigenvalue weighted by Crippen LogP contribution is -2.33. The molecule has 0 aliphatic carbocycles. The maximum atomic E-state index is 12.5. The van der Waals surface area contributed by atoms with Crippen molar-refractivity contribution in [2.75, 3.05) is 0 Å². The minimum Gasteiger partial charge on any atom is -0.469 e. The van der Waals surface area contributed by atoms with Gasteiger partial charge in [0.1, 0.15) is 5.76 Å². The number of hydrogen-bond donors (Lipinski definition) is 2. The molecule has 3 rings (SSSR count). The molecule has 0 radical (unpaired) electrons. The first-order valence-electron chi connectivity index (χ1n) is 7.66. The fraction of sp³-hybridized carbons (Fsp3) is 0.222. The number of carbonyl (C=O) groups is 1. The molecule has 5 heteroatoms. The van der Waals surface area contributed by atoms with Crippen LogP contribution in [-0.4, -0.2) is 22.1 Å². The van der Waals surface area contributed by atoms with Crippen molar-refractivity contribution in [3.63, 3.8) is 0 Å². The third-order valence-electron chi connectivity index (χ3n) is 3.73. The van der Waals surface area contributed by atoms with E-state index in [1.165, 1.54) is 0 Å². The minimum absolute atomic E-state index is 0.0473. The highest BCUT2D eigenvalue weighted by molar-refractivity contribution is 5.99. The van der Waals surface area contributed by atoms with Gasteiger partial charge in [0.2, 0.25) is 0 Å². The Balaban J connectivity index is 1.63. The molecule has 0 aliphatic heterocycles. The number of furan rings is 1. The molecule has 5 nitrogen and oxygen atoms in total. The van der Waals surface area contributed by atoms with Crippen molar-refractivity contribution in [3.8, 4) is 11.3 Å². The zero-order valence-corrected chi connectivity index (χ0v) is 13.0. The van der Waals surface area contributed by atoms with Crippen LogP contribution in [0.4, 0.5) is 0 Å². The lowest BCUT2D eigenvalue weighted by atomic mass is 10.1. The molecule has 0 saturated heterocycles. The first kappa shape index (κ1) is 15.1. The maximum Gasteiger partial charge on any atom is 0.255 e. The first-order valence-corrected chi connectivity index (χ1v) is 7.66. The summed E-state index contributed by atoms with van der Waals surface area (Å²) in [4.78, 5) is 12.5. The van der Waals surface area contributed by atoms with Crippen molar-refractivity contribution in [1.29, 1.82) is 0 Å². The molecular formula is C18H19N3O2. The second kappa shape index (κ2) is 6.96. The molecule has 0 bridgehead atoms. The summed E-state index contributed by atoms with van der Waals surface area (Å²) in [5, 5.41) is 9.93. The summed E-state index contributed by atoms with van der Waals surface area (Å²) in [6.07, 6.45) is 4.84. The second-order valence-corrected chi connectivity index (χ2v) is 5.52. The average Bonchev–Trinajstić information content (AvgIpc) is 3.25. The smallest absolute Gasteiger partial charge is 0.255 e. The number of amides is 1. The highest BCUT2D eigenvalue weighted by Crippen LogP contribution is 2.20. The van der Waals surface area contributed by atoms with Gasteiger partial charge < -0.3 is 9.73 Å². The van der Waals surface area contributed by atoms with Gasteiger partial charge in [-0.05, 0) is 25.5 Å². The Kier molecular flexibility index (Phi) is 4.57. The van der Waals surface area contributed by atoms with Crippen molar-refractivity contribution in [2.24, 2.45) is 0 Å². The SMILES string of the molecule is C[C@H](CCc1ccco1)NC(=O)c1cn[nH]c1-c1ccccc1. The summed E-state index contributed by atoms with van der Waals surface area (Å²) in [6, 6.07) is 13.6. The van der Waals surface area contributed by atoms with Crippen LogP contribution in [0.25, 0.3) is 11.3 Å². The third-order valence-corrected chi connectivity index (χ3v) is 3.73. The van der Waals surface area contributed by atoms with Gasteiger partial charge in [0, 0.05) is 18.0 Å². The van der Waals surface area contributed by atoms with Crippen molar-refractivity contribution >= 4 is 5.91 Å². The largest absolute Gasteiger partial charge is 0.469 e. The highest BCUT2D eigenvalue weighted by Gasteiger charge is 2.17. The number of hydrogen-bond acceptors (Lipinski definition) is 3. The van der Waals surface area contributed by atoms with E-state index >= 15 is 0 Å². The topological polar surface area (TPSA) is 70.9 Å². The number of benzene rings is 1. The number of aromatic nitrogens is 2. The van der Waals surface area contributed by atoms with Crippen LogP contribution in [-0.2, 0) is 6.42 Å². The quantitative estimate of drug-likeness (QED) is 0.733. The number of carbonyl (C=O) groups excluding carboxylic acids is 1.